The van der Waals surface area contributed by atoms with Crippen molar-refractivity contribution in [2.45, 2.75) is 53.9 Å². The normalized spacial score (nSPS) is 12.0. The first-order valence-electron chi connectivity index (χ1n) is 6.37. The minimum absolute atomic E-state index is 0.244. The lowest BCUT2D eigenvalue weighted by Gasteiger charge is -2.18. The highest BCUT2D eigenvalue weighted by atomic mass is 35.5. The molecule has 18 heavy (non-hydrogen) atoms. The topological polar surface area (TPSA) is 35.0 Å². The van der Waals surface area contributed by atoms with Crippen LogP contribution in [0, 0.1) is 12.3 Å². The summed E-state index contributed by atoms with van der Waals surface area (Å²) < 4.78 is 5.75. The third-order valence-electron chi connectivity index (χ3n) is 2.67. The van der Waals surface area contributed by atoms with Gasteiger partial charge in [-0.1, -0.05) is 46.2 Å². The third kappa shape index (κ3) is 4.45. The van der Waals surface area contributed by atoms with Crippen LogP contribution in [0.4, 0.5) is 0 Å². The third-order valence-corrected chi connectivity index (χ3v) is 3.03. The first-order valence-corrected chi connectivity index (χ1v) is 6.75. The fraction of sp³-hybridized carbons (Fsp3) is 0.714. The van der Waals surface area contributed by atoms with Gasteiger partial charge in [-0.2, -0.15) is 4.98 Å². The van der Waals surface area contributed by atoms with Crippen LogP contribution in [0.3, 0.4) is 0 Å². The van der Waals surface area contributed by atoms with Crippen molar-refractivity contribution in [3.05, 3.63) is 16.5 Å². The smallest absolute Gasteiger partial charge is 0.221 e. The second-order valence-electron chi connectivity index (χ2n) is 6.12. The zero-order valence-electron chi connectivity index (χ0n) is 12.2. The van der Waals surface area contributed by atoms with Crippen LogP contribution >= 0.6 is 11.6 Å². The number of aromatic nitrogens is 2. The molecule has 0 atom stereocenters. The second kappa shape index (κ2) is 5.87. The standard InChI is InChI=1S/C14H23ClN2O/c1-9(2)12-16-11(15)10(3)13(17-12)18-8-7-14(4,5)6/h9H,7-8H2,1-6H3. The van der Waals surface area contributed by atoms with Crippen molar-refractivity contribution in [1.82, 2.24) is 9.97 Å². The SMILES string of the molecule is Cc1c(Cl)nc(C(C)C)nc1OCCC(C)(C)C. The van der Waals surface area contributed by atoms with Gasteiger partial charge in [0, 0.05) is 11.5 Å². The van der Waals surface area contributed by atoms with Crippen molar-refractivity contribution in [2.75, 3.05) is 6.61 Å². The maximum Gasteiger partial charge on any atom is 0.221 e. The zero-order chi connectivity index (χ0) is 13.9. The summed E-state index contributed by atoms with van der Waals surface area (Å²) in [5.41, 5.74) is 1.07. The molecule has 1 heterocycles. The lowest BCUT2D eigenvalue weighted by atomic mass is 9.93. The van der Waals surface area contributed by atoms with Crippen LogP contribution in [-0.4, -0.2) is 16.6 Å². The summed E-state index contributed by atoms with van der Waals surface area (Å²) in [6, 6.07) is 0. The minimum atomic E-state index is 0.244. The van der Waals surface area contributed by atoms with E-state index in [-0.39, 0.29) is 11.3 Å². The Bertz CT molecular complexity index is 411. The van der Waals surface area contributed by atoms with E-state index in [1.165, 1.54) is 0 Å². The van der Waals surface area contributed by atoms with Gasteiger partial charge in [0.25, 0.3) is 0 Å². The summed E-state index contributed by atoms with van der Waals surface area (Å²) >= 11 is 6.10. The molecule has 0 saturated heterocycles. The molecule has 1 aromatic heterocycles. The molecule has 0 bridgehead atoms. The van der Waals surface area contributed by atoms with Crippen molar-refractivity contribution >= 4 is 11.6 Å². The number of hydrogen-bond donors (Lipinski definition) is 0. The van der Waals surface area contributed by atoms with E-state index in [2.05, 4.69) is 30.7 Å². The number of halogens is 1. The number of rotatable bonds is 4. The fourth-order valence-electron chi connectivity index (χ4n) is 1.34. The summed E-state index contributed by atoms with van der Waals surface area (Å²) in [4.78, 5) is 8.70. The molecule has 0 fully saturated rings. The quantitative estimate of drug-likeness (QED) is 0.762. The van der Waals surface area contributed by atoms with Gasteiger partial charge < -0.3 is 4.74 Å². The lowest BCUT2D eigenvalue weighted by molar-refractivity contribution is 0.234. The molecule has 0 aliphatic carbocycles. The number of hydrogen-bond acceptors (Lipinski definition) is 3. The molecule has 1 rings (SSSR count). The van der Waals surface area contributed by atoms with Gasteiger partial charge in [0.15, 0.2) is 0 Å². The molecule has 3 nitrogen and oxygen atoms in total. The highest BCUT2D eigenvalue weighted by molar-refractivity contribution is 6.30. The molecule has 0 amide bonds. The van der Waals surface area contributed by atoms with E-state index in [1.807, 2.05) is 20.8 Å². The van der Waals surface area contributed by atoms with Crippen LogP contribution in [0.2, 0.25) is 5.15 Å². The maximum atomic E-state index is 6.10. The Morgan fingerprint density at radius 3 is 2.33 bits per heavy atom. The Labute approximate surface area is 115 Å². The Balaban J connectivity index is 2.81. The predicted octanol–water partition coefficient (Wildman–Crippen LogP) is 4.38. The van der Waals surface area contributed by atoms with Crippen LogP contribution in [0.15, 0.2) is 0 Å². The Hall–Kier alpha value is -0.830. The summed E-state index contributed by atoms with van der Waals surface area (Å²) in [6.45, 7) is 13.2. The Morgan fingerprint density at radius 2 is 1.83 bits per heavy atom. The molecule has 0 aromatic carbocycles. The monoisotopic (exact) mass is 270 g/mol. The van der Waals surface area contributed by atoms with Gasteiger partial charge in [-0.05, 0) is 18.8 Å². The summed E-state index contributed by atoms with van der Waals surface area (Å²) in [5, 5.41) is 0.486. The summed E-state index contributed by atoms with van der Waals surface area (Å²) in [5.74, 6) is 1.59. The molecule has 4 heteroatoms. The van der Waals surface area contributed by atoms with Crippen molar-refractivity contribution < 1.29 is 4.74 Å². The first kappa shape index (κ1) is 15.2. The van der Waals surface area contributed by atoms with Gasteiger partial charge in [-0.25, -0.2) is 4.98 Å². The molecule has 0 N–H and O–H groups in total. The highest BCUT2D eigenvalue weighted by Gasteiger charge is 2.15. The van der Waals surface area contributed by atoms with E-state index >= 15 is 0 Å². The molecule has 1 aromatic rings. The van der Waals surface area contributed by atoms with Crippen molar-refractivity contribution in [2.24, 2.45) is 5.41 Å². The summed E-state index contributed by atoms with van der Waals surface area (Å²) in [7, 11) is 0. The second-order valence-corrected chi connectivity index (χ2v) is 6.47. The van der Waals surface area contributed by atoms with Gasteiger partial charge >= 0.3 is 0 Å². The molecule has 0 aliphatic rings. The molecule has 0 aliphatic heterocycles. The van der Waals surface area contributed by atoms with Gasteiger partial charge in [0.1, 0.15) is 11.0 Å². The number of nitrogens with zero attached hydrogens (tertiary/aromatic N) is 2. The van der Waals surface area contributed by atoms with Crippen molar-refractivity contribution in [1.29, 1.82) is 0 Å². The Morgan fingerprint density at radius 1 is 1.22 bits per heavy atom. The van der Waals surface area contributed by atoms with E-state index in [0.717, 1.165) is 17.8 Å². The van der Waals surface area contributed by atoms with E-state index in [9.17, 15) is 0 Å². The van der Waals surface area contributed by atoms with E-state index in [0.29, 0.717) is 17.6 Å². The Kier molecular flexibility index (Phi) is 4.97. The van der Waals surface area contributed by atoms with Crippen LogP contribution in [0.25, 0.3) is 0 Å². The van der Waals surface area contributed by atoms with Gasteiger partial charge in [-0.3, -0.25) is 0 Å². The molecule has 0 unspecified atom stereocenters. The van der Waals surface area contributed by atoms with Gasteiger partial charge in [0.2, 0.25) is 5.88 Å². The van der Waals surface area contributed by atoms with Gasteiger partial charge in [0.05, 0.1) is 6.61 Å². The molecule has 0 radical (unpaired) electrons. The maximum absolute atomic E-state index is 6.10. The predicted molar refractivity (Wildman–Crippen MR) is 75.4 cm³/mol. The number of ether oxygens (including phenoxy) is 1. The molecule has 0 spiro atoms. The molecule has 0 saturated carbocycles. The fourth-order valence-corrected chi connectivity index (χ4v) is 1.51. The highest BCUT2D eigenvalue weighted by Crippen LogP contribution is 2.26. The average Bonchev–Trinajstić information content (AvgIpc) is 2.21. The van der Waals surface area contributed by atoms with E-state index in [4.69, 9.17) is 16.3 Å². The van der Waals surface area contributed by atoms with Crippen LogP contribution < -0.4 is 4.74 Å². The van der Waals surface area contributed by atoms with Crippen LogP contribution in [0.1, 0.15) is 58.3 Å². The van der Waals surface area contributed by atoms with Crippen molar-refractivity contribution in [3.8, 4) is 5.88 Å². The minimum Gasteiger partial charge on any atom is -0.477 e. The first-order chi connectivity index (χ1) is 8.20. The molecular formula is C14H23ClN2O. The van der Waals surface area contributed by atoms with E-state index in [1.54, 1.807) is 0 Å². The van der Waals surface area contributed by atoms with Crippen LogP contribution in [0.5, 0.6) is 5.88 Å². The van der Waals surface area contributed by atoms with E-state index < -0.39 is 0 Å². The van der Waals surface area contributed by atoms with Crippen LogP contribution in [-0.2, 0) is 0 Å². The largest absolute Gasteiger partial charge is 0.477 e. The average molecular weight is 271 g/mol. The summed E-state index contributed by atoms with van der Waals surface area (Å²) in [6.07, 6.45) is 0.977. The molecular weight excluding hydrogens is 248 g/mol. The lowest BCUT2D eigenvalue weighted by Crippen LogP contribution is -2.13. The van der Waals surface area contributed by atoms with Crippen molar-refractivity contribution in [3.63, 3.8) is 0 Å². The zero-order valence-corrected chi connectivity index (χ0v) is 12.9. The van der Waals surface area contributed by atoms with Gasteiger partial charge in [-0.15, -0.1) is 0 Å². The molecule has 102 valence electrons.